The number of rotatable bonds is 6. The molecule has 0 spiro atoms. The molecule has 0 radical (unpaired) electrons. The molecule has 2 N–H and O–H groups in total. The molecule has 102 valence electrons. The average molecular weight is 277 g/mol. The van der Waals surface area contributed by atoms with Gasteiger partial charge < -0.3 is 15.4 Å². The van der Waals surface area contributed by atoms with Gasteiger partial charge in [0, 0.05) is 20.2 Å². The minimum atomic E-state index is 0.752. The summed E-state index contributed by atoms with van der Waals surface area (Å²) in [5, 5.41) is 0. The van der Waals surface area contributed by atoms with Gasteiger partial charge in [0.25, 0.3) is 0 Å². The molecule has 0 amide bonds. The lowest BCUT2D eigenvalue weighted by molar-refractivity contribution is 0.131. The molecule has 2 aromatic rings. The highest BCUT2D eigenvalue weighted by molar-refractivity contribution is 7.16. The summed E-state index contributed by atoms with van der Waals surface area (Å²) in [7, 11) is 2.05. The maximum atomic E-state index is 6.19. The van der Waals surface area contributed by atoms with Crippen molar-refractivity contribution in [2.45, 2.75) is 12.8 Å². The summed E-state index contributed by atoms with van der Waals surface area (Å²) in [6.45, 7) is 2.52. The monoisotopic (exact) mass is 277 g/mol. The van der Waals surface area contributed by atoms with Crippen LogP contribution in [0.3, 0.4) is 0 Å². The van der Waals surface area contributed by atoms with E-state index in [1.165, 1.54) is 12.8 Å². The predicted molar refractivity (Wildman–Crippen MR) is 80.8 cm³/mol. The van der Waals surface area contributed by atoms with E-state index in [0.717, 1.165) is 47.3 Å². The van der Waals surface area contributed by atoms with Crippen molar-refractivity contribution in [3.05, 3.63) is 17.6 Å². The topological polar surface area (TPSA) is 51.4 Å². The average Bonchev–Trinajstić information content (AvgIpc) is 3.10. The fourth-order valence-corrected chi connectivity index (χ4v) is 2.82. The second-order valence-electron chi connectivity index (χ2n) is 5.14. The molecule has 3 rings (SSSR count). The lowest BCUT2D eigenvalue weighted by Crippen LogP contribution is -2.23. The van der Waals surface area contributed by atoms with Crippen LogP contribution in [0.4, 0.5) is 11.4 Å². The molecule has 5 heteroatoms. The van der Waals surface area contributed by atoms with Gasteiger partial charge >= 0.3 is 0 Å². The Kier molecular flexibility index (Phi) is 3.57. The second kappa shape index (κ2) is 5.35. The van der Waals surface area contributed by atoms with Crippen molar-refractivity contribution >= 4 is 32.9 Å². The van der Waals surface area contributed by atoms with Crippen molar-refractivity contribution in [2.75, 3.05) is 37.4 Å². The van der Waals surface area contributed by atoms with E-state index < -0.39 is 0 Å². The van der Waals surface area contributed by atoms with E-state index in [4.69, 9.17) is 10.5 Å². The van der Waals surface area contributed by atoms with E-state index in [0.29, 0.717) is 0 Å². The third kappa shape index (κ3) is 2.82. The zero-order chi connectivity index (χ0) is 13.2. The molecule has 1 aromatic carbocycles. The normalized spacial score (nSPS) is 15.0. The zero-order valence-electron chi connectivity index (χ0n) is 11.1. The van der Waals surface area contributed by atoms with E-state index in [1.54, 1.807) is 11.3 Å². The third-order valence-electron chi connectivity index (χ3n) is 3.55. The fourth-order valence-electron chi connectivity index (χ4n) is 2.13. The molecule has 0 aliphatic heterocycles. The molecule has 0 bridgehead atoms. The first kappa shape index (κ1) is 12.7. The molecule has 1 aliphatic carbocycles. The van der Waals surface area contributed by atoms with Crippen LogP contribution in [-0.4, -0.2) is 31.8 Å². The Bertz CT molecular complexity index is 565. The van der Waals surface area contributed by atoms with Crippen LogP contribution in [0.1, 0.15) is 12.8 Å². The largest absolute Gasteiger partial charge is 0.395 e. The van der Waals surface area contributed by atoms with Gasteiger partial charge in [-0.15, -0.1) is 11.3 Å². The van der Waals surface area contributed by atoms with Crippen molar-refractivity contribution in [3.8, 4) is 0 Å². The van der Waals surface area contributed by atoms with Gasteiger partial charge in [0.1, 0.15) is 5.52 Å². The SMILES string of the molecule is CN(CCOCC1CC1)c1ccc2scnc2c1N. The first-order valence-electron chi connectivity index (χ1n) is 6.66. The number of fused-ring (bicyclic) bond motifs is 1. The summed E-state index contributed by atoms with van der Waals surface area (Å²) >= 11 is 1.62. The Morgan fingerprint density at radius 3 is 3.11 bits per heavy atom. The van der Waals surface area contributed by atoms with Crippen LogP contribution in [0.15, 0.2) is 17.6 Å². The molecule has 0 atom stereocenters. The van der Waals surface area contributed by atoms with Gasteiger partial charge in [-0.25, -0.2) is 4.98 Å². The summed E-state index contributed by atoms with van der Waals surface area (Å²) in [6.07, 6.45) is 2.67. The number of hydrogen-bond donors (Lipinski definition) is 1. The highest BCUT2D eigenvalue weighted by atomic mass is 32.1. The van der Waals surface area contributed by atoms with Gasteiger partial charge in [0.05, 0.1) is 28.2 Å². The second-order valence-corrected chi connectivity index (χ2v) is 6.02. The predicted octanol–water partition coefficient (Wildman–Crippen LogP) is 2.74. The van der Waals surface area contributed by atoms with E-state index in [9.17, 15) is 0 Å². The van der Waals surface area contributed by atoms with Crippen LogP contribution < -0.4 is 10.6 Å². The number of nitrogens with two attached hydrogens (primary N) is 1. The number of hydrogen-bond acceptors (Lipinski definition) is 5. The van der Waals surface area contributed by atoms with E-state index in [-0.39, 0.29) is 0 Å². The minimum Gasteiger partial charge on any atom is -0.395 e. The lowest BCUT2D eigenvalue weighted by Gasteiger charge is -2.21. The van der Waals surface area contributed by atoms with Gasteiger partial charge in [-0.3, -0.25) is 0 Å². The summed E-state index contributed by atoms with van der Waals surface area (Å²) in [5.74, 6) is 0.821. The highest BCUT2D eigenvalue weighted by Crippen LogP contribution is 2.32. The first-order chi connectivity index (χ1) is 9.25. The molecule has 0 unspecified atom stereocenters. The van der Waals surface area contributed by atoms with Crippen molar-refractivity contribution in [3.63, 3.8) is 0 Å². The van der Waals surface area contributed by atoms with Crippen molar-refractivity contribution < 1.29 is 4.74 Å². The Morgan fingerprint density at radius 1 is 1.47 bits per heavy atom. The van der Waals surface area contributed by atoms with E-state index in [1.807, 2.05) is 12.6 Å². The van der Waals surface area contributed by atoms with Crippen LogP contribution in [0.2, 0.25) is 0 Å². The number of nitrogen functional groups attached to an aromatic ring is 1. The number of nitrogens with zero attached hydrogens (tertiary/aromatic N) is 2. The van der Waals surface area contributed by atoms with Crippen LogP contribution in [0, 0.1) is 5.92 Å². The standard InChI is InChI=1S/C14H19N3OS/c1-17(6-7-18-8-10-2-3-10)11-4-5-12-14(13(11)15)16-9-19-12/h4-5,9-10H,2-3,6-8,15H2,1H3. The Labute approximate surface area is 117 Å². The Morgan fingerprint density at radius 2 is 2.32 bits per heavy atom. The van der Waals surface area contributed by atoms with Gasteiger partial charge in [-0.05, 0) is 30.9 Å². The molecule has 19 heavy (non-hydrogen) atoms. The number of ether oxygens (including phenoxy) is 1. The number of aromatic nitrogens is 1. The van der Waals surface area contributed by atoms with Crippen LogP contribution >= 0.6 is 11.3 Å². The summed E-state index contributed by atoms with van der Waals surface area (Å²) in [4.78, 5) is 6.46. The van der Waals surface area contributed by atoms with Gasteiger partial charge in [0.2, 0.25) is 0 Å². The van der Waals surface area contributed by atoms with Crippen LogP contribution in [-0.2, 0) is 4.74 Å². The van der Waals surface area contributed by atoms with Crippen molar-refractivity contribution in [1.29, 1.82) is 0 Å². The van der Waals surface area contributed by atoms with Crippen LogP contribution in [0.25, 0.3) is 10.2 Å². The highest BCUT2D eigenvalue weighted by Gasteiger charge is 2.21. The van der Waals surface area contributed by atoms with Gasteiger partial charge in [-0.2, -0.15) is 0 Å². The van der Waals surface area contributed by atoms with Gasteiger partial charge in [-0.1, -0.05) is 0 Å². The molecule has 0 saturated heterocycles. The fraction of sp³-hybridized carbons (Fsp3) is 0.500. The summed E-state index contributed by atoms with van der Waals surface area (Å²) in [5.41, 5.74) is 10.7. The molecule has 4 nitrogen and oxygen atoms in total. The summed E-state index contributed by atoms with van der Waals surface area (Å²) in [6, 6.07) is 4.15. The molecule has 1 aliphatic rings. The third-order valence-corrected chi connectivity index (χ3v) is 4.35. The molecular formula is C14H19N3OS. The number of anilines is 2. The Balaban J connectivity index is 1.62. The van der Waals surface area contributed by atoms with Crippen molar-refractivity contribution in [2.24, 2.45) is 5.92 Å². The van der Waals surface area contributed by atoms with Crippen molar-refractivity contribution in [1.82, 2.24) is 4.98 Å². The van der Waals surface area contributed by atoms with Gasteiger partial charge in [0.15, 0.2) is 0 Å². The molecule has 1 fully saturated rings. The maximum absolute atomic E-state index is 6.19. The quantitative estimate of drug-likeness (QED) is 0.651. The minimum absolute atomic E-state index is 0.752. The number of likely N-dealkylation sites (N-methyl/N-ethyl adjacent to an activating group) is 1. The number of thiazole rings is 1. The number of benzene rings is 1. The molecule has 1 saturated carbocycles. The lowest BCUT2D eigenvalue weighted by atomic mass is 10.2. The molecule has 1 heterocycles. The smallest absolute Gasteiger partial charge is 0.106 e. The van der Waals surface area contributed by atoms with E-state index >= 15 is 0 Å². The summed E-state index contributed by atoms with van der Waals surface area (Å²) < 4.78 is 6.80. The first-order valence-corrected chi connectivity index (χ1v) is 7.54. The van der Waals surface area contributed by atoms with Crippen LogP contribution in [0.5, 0.6) is 0 Å². The Hall–Kier alpha value is -1.33. The molecule has 1 aromatic heterocycles. The van der Waals surface area contributed by atoms with E-state index in [2.05, 4.69) is 22.0 Å². The molecular weight excluding hydrogens is 258 g/mol. The maximum Gasteiger partial charge on any atom is 0.106 e. The zero-order valence-corrected chi connectivity index (χ0v) is 11.9.